The van der Waals surface area contributed by atoms with E-state index in [-0.39, 0.29) is 0 Å². The van der Waals surface area contributed by atoms with E-state index >= 15 is 0 Å². The maximum atomic E-state index is 2.29. The molecular formula is C10H14Al. The first kappa shape index (κ1) is 8.85. The largest absolute Gasteiger partial charge is 0.254 e. The Kier molecular flexibility index (Phi) is 3.18. The highest BCUT2D eigenvalue weighted by molar-refractivity contribution is 6.55. The van der Waals surface area contributed by atoms with Gasteiger partial charge in [0.2, 0.25) is 0 Å². The second-order valence-electron chi connectivity index (χ2n) is 3.27. The van der Waals surface area contributed by atoms with E-state index < -0.39 is 0 Å². The maximum Gasteiger partial charge on any atom is 0.254 e. The third-order valence-corrected chi connectivity index (χ3v) is 3.37. The molecule has 0 fully saturated rings. The summed E-state index contributed by atoms with van der Waals surface area (Å²) in [5.41, 5.74) is 1.45. The van der Waals surface area contributed by atoms with Crippen LogP contribution in [0.25, 0.3) is 0 Å². The molecule has 0 spiro atoms. The summed E-state index contributed by atoms with van der Waals surface area (Å²) in [5.74, 6) is 0. The molecule has 0 aliphatic carbocycles. The summed E-state index contributed by atoms with van der Waals surface area (Å²) in [5, 5.41) is 0. The zero-order valence-electron chi connectivity index (χ0n) is 7.46. The van der Waals surface area contributed by atoms with Crippen molar-refractivity contribution in [3.8, 4) is 0 Å². The van der Waals surface area contributed by atoms with E-state index in [1.165, 1.54) is 5.56 Å². The fourth-order valence-electron chi connectivity index (χ4n) is 1.13. The predicted octanol–water partition coefficient (Wildman–Crippen LogP) is 2.15. The van der Waals surface area contributed by atoms with E-state index in [4.69, 9.17) is 0 Å². The van der Waals surface area contributed by atoms with Gasteiger partial charge in [-0.15, -0.1) is 4.43 Å². The molecule has 0 unspecified atom stereocenters. The van der Waals surface area contributed by atoms with Gasteiger partial charge in [-0.2, -0.15) is 0 Å². The lowest BCUT2D eigenvalue weighted by molar-refractivity contribution is 1.07. The fourth-order valence-corrected chi connectivity index (χ4v) is 2.43. The van der Waals surface area contributed by atoms with Gasteiger partial charge in [0.15, 0.2) is 0 Å². The number of hydrogen-bond acceptors (Lipinski definition) is 0. The quantitative estimate of drug-likeness (QED) is 0.583. The standard InChI is InChI=1S/C7H7.C3H7.Al/c1-7-5-3-2-4-6-7;1-3-2;/h2-5H,1H3;3H,1-2H3;. The van der Waals surface area contributed by atoms with Gasteiger partial charge in [-0.25, -0.2) is 0 Å². The summed E-state index contributed by atoms with van der Waals surface area (Å²) in [6, 6.07) is 8.70. The molecule has 1 radical (unpaired) electrons. The van der Waals surface area contributed by atoms with Gasteiger partial charge in [0, 0.05) is 0 Å². The van der Waals surface area contributed by atoms with Crippen molar-refractivity contribution in [1.82, 2.24) is 0 Å². The Morgan fingerprint density at radius 1 is 1.18 bits per heavy atom. The van der Waals surface area contributed by atoms with Gasteiger partial charge >= 0.3 is 0 Å². The number of aryl methyl sites for hydroxylation is 1. The highest BCUT2D eigenvalue weighted by Crippen LogP contribution is 2.00. The molecule has 0 saturated heterocycles. The lowest BCUT2D eigenvalue weighted by atomic mass is 10.2. The van der Waals surface area contributed by atoms with Crippen LogP contribution in [0, 0.1) is 6.92 Å². The van der Waals surface area contributed by atoms with Crippen LogP contribution in [0.1, 0.15) is 19.4 Å². The van der Waals surface area contributed by atoms with Crippen LogP contribution in [0.4, 0.5) is 0 Å². The Bertz CT molecular complexity index is 228. The van der Waals surface area contributed by atoms with Crippen molar-refractivity contribution < 1.29 is 0 Å². The Hall–Kier alpha value is -0.248. The van der Waals surface area contributed by atoms with Gasteiger partial charge < -0.3 is 0 Å². The summed E-state index contributed by atoms with van der Waals surface area (Å²) >= 11 is 0.477. The molecule has 11 heavy (non-hydrogen) atoms. The minimum atomic E-state index is 0.477. The van der Waals surface area contributed by atoms with Gasteiger partial charge in [0.1, 0.15) is 0 Å². The summed E-state index contributed by atoms with van der Waals surface area (Å²) in [6.07, 6.45) is 0. The average Bonchev–Trinajstić information content (AvgIpc) is 1.93. The first-order valence-corrected chi connectivity index (χ1v) is 5.35. The molecule has 0 atom stereocenters. The Morgan fingerprint density at radius 3 is 2.36 bits per heavy atom. The molecule has 1 rings (SSSR count). The van der Waals surface area contributed by atoms with E-state index in [1.807, 2.05) is 0 Å². The van der Waals surface area contributed by atoms with E-state index in [9.17, 15) is 0 Å². The topological polar surface area (TPSA) is 0 Å². The van der Waals surface area contributed by atoms with Crippen molar-refractivity contribution in [2.45, 2.75) is 25.6 Å². The third kappa shape index (κ3) is 2.69. The zero-order chi connectivity index (χ0) is 8.27. The van der Waals surface area contributed by atoms with Crippen molar-refractivity contribution in [3.63, 3.8) is 0 Å². The third-order valence-electron chi connectivity index (χ3n) is 1.70. The molecule has 0 bridgehead atoms. The summed E-state index contributed by atoms with van der Waals surface area (Å²) in [6.45, 7) is 6.79. The fraction of sp³-hybridized carbons (Fsp3) is 0.400. The molecule has 0 N–H and O–H groups in total. The van der Waals surface area contributed by atoms with Crippen molar-refractivity contribution >= 4 is 19.6 Å². The summed E-state index contributed by atoms with van der Waals surface area (Å²) < 4.78 is 2.42. The Balaban J connectivity index is 2.78. The first-order valence-electron chi connectivity index (χ1n) is 4.10. The normalized spacial score (nSPS) is 10.2. The Labute approximate surface area is 75.3 Å². The van der Waals surface area contributed by atoms with Crippen molar-refractivity contribution in [2.75, 3.05) is 0 Å². The molecule has 1 aromatic carbocycles. The first-order chi connectivity index (χ1) is 5.20. The number of rotatable bonds is 2. The molecule has 0 saturated carbocycles. The van der Waals surface area contributed by atoms with Crippen LogP contribution in [-0.2, 0) is 0 Å². The maximum absolute atomic E-state index is 2.29. The molecule has 0 heterocycles. The van der Waals surface area contributed by atoms with Crippen LogP contribution in [0.15, 0.2) is 24.3 Å². The molecule has 0 aliphatic heterocycles. The molecule has 0 aromatic heterocycles. The van der Waals surface area contributed by atoms with Gasteiger partial charge in [-0.3, -0.25) is 0 Å². The highest BCUT2D eigenvalue weighted by atomic mass is 27.1. The van der Waals surface area contributed by atoms with Gasteiger partial charge in [0.05, 0.1) is 0 Å². The average molecular weight is 161 g/mol. The van der Waals surface area contributed by atoms with Gasteiger partial charge in [0.25, 0.3) is 15.2 Å². The van der Waals surface area contributed by atoms with E-state index in [2.05, 4.69) is 45.0 Å². The lowest BCUT2D eigenvalue weighted by Gasteiger charge is -2.05. The van der Waals surface area contributed by atoms with Crippen LogP contribution >= 0.6 is 0 Å². The van der Waals surface area contributed by atoms with Crippen LogP contribution in [0.2, 0.25) is 4.78 Å². The minimum absolute atomic E-state index is 0.477. The van der Waals surface area contributed by atoms with E-state index in [1.54, 1.807) is 4.43 Å². The number of hydrogen-bond donors (Lipinski definition) is 0. The molecule has 57 valence electrons. The van der Waals surface area contributed by atoms with Crippen molar-refractivity contribution in [2.24, 2.45) is 0 Å². The second-order valence-corrected chi connectivity index (χ2v) is 5.56. The molecule has 1 heteroatoms. The van der Waals surface area contributed by atoms with Crippen molar-refractivity contribution in [1.29, 1.82) is 0 Å². The van der Waals surface area contributed by atoms with E-state index in [0.29, 0.717) is 15.2 Å². The van der Waals surface area contributed by atoms with Gasteiger partial charge in [-0.05, 0) is 6.92 Å². The summed E-state index contributed by atoms with van der Waals surface area (Å²) in [4.78, 5) is 0. The second kappa shape index (κ2) is 3.95. The minimum Gasteiger partial charge on any atom is -0.121 e. The molecule has 0 nitrogen and oxygen atoms in total. The highest BCUT2D eigenvalue weighted by Gasteiger charge is 2.02. The lowest BCUT2D eigenvalue weighted by Crippen LogP contribution is -2.19. The zero-order valence-corrected chi connectivity index (χ0v) is 8.62. The molecule has 1 aromatic rings. The van der Waals surface area contributed by atoms with Crippen LogP contribution in [0.3, 0.4) is 0 Å². The molecular weight excluding hydrogens is 147 g/mol. The monoisotopic (exact) mass is 161 g/mol. The van der Waals surface area contributed by atoms with E-state index in [0.717, 1.165) is 4.78 Å². The molecule has 0 aliphatic rings. The van der Waals surface area contributed by atoms with Gasteiger partial charge in [-0.1, -0.05) is 48.5 Å². The predicted molar refractivity (Wildman–Crippen MR) is 51.7 cm³/mol. The Morgan fingerprint density at radius 2 is 1.82 bits per heavy atom. The van der Waals surface area contributed by atoms with Crippen molar-refractivity contribution in [3.05, 3.63) is 29.8 Å². The molecule has 0 amide bonds. The summed E-state index contributed by atoms with van der Waals surface area (Å²) in [7, 11) is 0. The number of benzene rings is 1. The van der Waals surface area contributed by atoms with Crippen LogP contribution < -0.4 is 4.43 Å². The van der Waals surface area contributed by atoms with Crippen LogP contribution in [0.5, 0.6) is 0 Å². The SMILES string of the molecule is Cc1cccc[c]1[Al][CH](C)C. The van der Waals surface area contributed by atoms with Crippen LogP contribution in [-0.4, -0.2) is 15.2 Å². The smallest absolute Gasteiger partial charge is 0.121 e.